The van der Waals surface area contributed by atoms with Gasteiger partial charge in [-0.1, -0.05) is 25.3 Å². The van der Waals surface area contributed by atoms with E-state index in [1.165, 1.54) is 13.5 Å². The van der Waals surface area contributed by atoms with Gasteiger partial charge < -0.3 is 15.8 Å². The Labute approximate surface area is 179 Å². The summed E-state index contributed by atoms with van der Waals surface area (Å²) in [6.07, 6.45) is 6.77. The molecular formula is C24H35N3O3. The Morgan fingerprint density at radius 1 is 1.20 bits per heavy atom. The maximum atomic E-state index is 13.4. The molecular weight excluding hydrogens is 378 g/mol. The largest absolute Gasteiger partial charge is 0.625 e. The highest BCUT2D eigenvalue weighted by Gasteiger charge is 2.50. The normalized spacial score (nSPS) is 35.0. The van der Waals surface area contributed by atoms with E-state index >= 15 is 0 Å². The summed E-state index contributed by atoms with van der Waals surface area (Å²) in [5.41, 5.74) is 2.62. The lowest BCUT2D eigenvalue weighted by atomic mass is 9.74. The van der Waals surface area contributed by atoms with Crippen LogP contribution >= 0.6 is 0 Å². The van der Waals surface area contributed by atoms with Gasteiger partial charge in [0.2, 0.25) is 5.91 Å². The second-order valence-corrected chi connectivity index (χ2v) is 9.88. The number of hydroxylamine groups is 3. The molecule has 3 fully saturated rings. The Bertz CT molecular complexity index is 816. The van der Waals surface area contributed by atoms with Crippen LogP contribution < -0.4 is 10.6 Å². The van der Waals surface area contributed by atoms with Crippen LogP contribution in [0.4, 0.5) is 5.69 Å². The number of nitrogens with one attached hydrogen (secondary N) is 2. The first-order chi connectivity index (χ1) is 14.3. The van der Waals surface area contributed by atoms with Crippen LogP contribution in [0.5, 0.6) is 0 Å². The van der Waals surface area contributed by atoms with Gasteiger partial charge in [0, 0.05) is 36.5 Å². The number of fused-ring (bicyclic) bond motifs is 1. The second-order valence-electron chi connectivity index (χ2n) is 9.88. The first kappa shape index (κ1) is 21.5. The van der Waals surface area contributed by atoms with Crippen molar-refractivity contribution >= 4 is 17.5 Å². The second kappa shape index (κ2) is 8.40. The van der Waals surface area contributed by atoms with E-state index in [1.54, 1.807) is 0 Å². The van der Waals surface area contributed by atoms with E-state index in [9.17, 15) is 14.8 Å². The molecule has 2 heterocycles. The number of carbonyl (C=O) groups is 2. The topological polar surface area (TPSA) is 81.3 Å². The third kappa shape index (κ3) is 4.05. The molecule has 2 aliphatic heterocycles. The van der Waals surface area contributed by atoms with Crippen molar-refractivity contribution in [3.05, 3.63) is 34.5 Å². The predicted molar refractivity (Wildman–Crippen MR) is 118 cm³/mol. The van der Waals surface area contributed by atoms with Crippen LogP contribution in [0.2, 0.25) is 0 Å². The van der Waals surface area contributed by atoms with Gasteiger partial charge in [-0.25, -0.2) is 4.79 Å². The molecule has 0 spiro atoms. The smallest absolute Gasteiger partial charge is 0.321 e. The molecule has 30 heavy (non-hydrogen) atoms. The Hall–Kier alpha value is -1.76. The fourth-order valence-electron chi connectivity index (χ4n) is 5.81. The zero-order valence-corrected chi connectivity index (χ0v) is 18.4. The summed E-state index contributed by atoms with van der Waals surface area (Å²) in [6, 6.07) is 5.89. The summed E-state index contributed by atoms with van der Waals surface area (Å²) in [7, 11) is 1.54. The lowest BCUT2D eigenvalue weighted by Crippen LogP contribution is -2.65. The lowest BCUT2D eigenvalue weighted by molar-refractivity contribution is -0.822. The number of hydrogen-bond acceptors (Lipinski definition) is 4. The van der Waals surface area contributed by atoms with Crippen LogP contribution in [-0.4, -0.2) is 42.1 Å². The summed E-state index contributed by atoms with van der Waals surface area (Å²) in [6.45, 7) is 4.84. The summed E-state index contributed by atoms with van der Waals surface area (Å²) in [5, 5.41) is 20.0. The van der Waals surface area contributed by atoms with Gasteiger partial charge in [0.1, 0.15) is 12.0 Å². The van der Waals surface area contributed by atoms with Crippen LogP contribution in [0.1, 0.15) is 68.9 Å². The first-order valence-corrected chi connectivity index (χ1v) is 11.5. The van der Waals surface area contributed by atoms with Gasteiger partial charge in [0.25, 0.3) is 0 Å². The quantitative estimate of drug-likeness (QED) is 0.583. The fraction of sp³-hybridized carbons (Fsp3) is 0.667. The number of anilines is 1. The monoisotopic (exact) mass is 413 g/mol. The SMILES string of the molecule is Cc1ccc(NC(=O)C2CCCCC2)cc1C1CC2CNC(C)CC2[N+](C)([O-])C1=O. The van der Waals surface area contributed by atoms with Crippen LogP contribution in [0, 0.1) is 24.0 Å². The molecule has 0 bridgehead atoms. The number of amides is 2. The maximum absolute atomic E-state index is 13.4. The number of aryl methyl sites for hydroxylation is 1. The van der Waals surface area contributed by atoms with Crippen molar-refractivity contribution in [2.24, 2.45) is 11.8 Å². The summed E-state index contributed by atoms with van der Waals surface area (Å²) >= 11 is 0. The van der Waals surface area contributed by atoms with E-state index in [0.29, 0.717) is 6.42 Å². The Balaban J connectivity index is 1.56. The highest BCUT2D eigenvalue weighted by molar-refractivity contribution is 5.93. The number of nitrogens with zero attached hydrogens (tertiary/aromatic N) is 1. The lowest BCUT2D eigenvalue weighted by Gasteiger charge is -2.54. The highest BCUT2D eigenvalue weighted by atomic mass is 16.6. The summed E-state index contributed by atoms with van der Waals surface area (Å²) in [4.78, 5) is 26.0. The molecule has 2 saturated heterocycles. The number of quaternary nitrogens is 1. The average molecular weight is 414 g/mol. The van der Waals surface area contributed by atoms with E-state index in [0.717, 1.165) is 55.5 Å². The minimum Gasteiger partial charge on any atom is -0.625 e. The summed E-state index contributed by atoms with van der Waals surface area (Å²) in [5.74, 6) is -0.321. The predicted octanol–water partition coefficient (Wildman–Crippen LogP) is 3.84. The molecule has 0 aromatic heterocycles. The van der Waals surface area contributed by atoms with Crippen molar-refractivity contribution in [2.75, 3.05) is 18.9 Å². The van der Waals surface area contributed by atoms with E-state index in [4.69, 9.17) is 0 Å². The molecule has 1 aromatic rings. The van der Waals surface area contributed by atoms with Crippen molar-refractivity contribution in [3.63, 3.8) is 0 Å². The molecule has 164 valence electrons. The molecule has 6 nitrogen and oxygen atoms in total. The van der Waals surface area contributed by atoms with Gasteiger partial charge >= 0.3 is 5.91 Å². The number of likely N-dealkylation sites (N-methyl/N-ethyl adjacent to an activating group) is 1. The Morgan fingerprint density at radius 2 is 1.93 bits per heavy atom. The molecule has 1 aromatic carbocycles. The summed E-state index contributed by atoms with van der Waals surface area (Å²) < 4.78 is -0.792. The third-order valence-electron chi connectivity index (χ3n) is 7.67. The molecule has 2 N–H and O–H groups in total. The minimum atomic E-state index is -0.792. The van der Waals surface area contributed by atoms with Crippen molar-refractivity contribution in [1.29, 1.82) is 0 Å². The third-order valence-corrected chi connectivity index (χ3v) is 7.67. The minimum absolute atomic E-state index is 0.0782. The molecule has 5 atom stereocenters. The standard InChI is InChI=1S/C24H35N3O3/c1-15-9-10-19(26-23(28)17-7-5-4-6-8-17)13-20(15)21-12-18-14-25-16(2)11-22(18)27(3,30)24(21)29/h9-10,13,16-18,21-22,25H,4-8,11-12,14H2,1-3H3,(H,26,28). The van der Waals surface area contributed by atoms with Crippen molar-refractivity contribution in [2.45, 2.75) is 76.8 Å². The molecule has 3 aliphatic rings. The number of likely N-dealkylation sites (tertiary alicyclic amines) is 1. The van der Waals surface area contributed by atoms with Gasteiger partial charge in [-0.3, -0.25) is 9.44 Å². The van der Waals surface area contributed by atoms with E-state index in [2.05, 4.69) is 17.6 Å². The van der Waals surface area contributed by atoms with Gasteiger partial charge in [-0.15, -0.1) is 0 Å². The van der Waals surface area contributed by atoms with Gasteiger partial charge in [0.15, 0.2) is 0 Å². The number of piperidine rings is 2. The highest BCUT2D eigenvalue weighted by Crippen LogP contribution is 2.42. The van der Waals surface area contributed by atoms with Crippen LogP contribution in [0.15, 0.2) is 18.2 Å². The zero-order chi connectivity index (χ0) is 21.5. The maximum Gasteiger partial charge on any atom is 0.321 e. The van der Waals surface area contributed by atoms with Crippen molar-refractivity contribution in [3.8, 4) is 0 Å². The molecule has 6 heteroatoms. The first-order valence-electron chi connectivity index (χ1n) is 11.5. The van der Waals surface area contributed by atoms with Crippen LogP contribution in [-0.2, 0) is 9.59 Å². The van der Waals surface area contributed by atoms with Crippen LogP contribution in [0.25, 0.3) is 0 Å². The van der Waals surface area contributed by atoms with Crippen molar-refractivity contribution in [1.82, 2.24) is 5.32 Å². The number of hydrogen-bond donors (Lipinski definition) is 2. The van der Waals surface area contributed by atoms with Gasteiger partial charge in [-0.2, -0.15) is 0 Å². The van der Waals surface area contributed by atoms with Gasteiger partial charge in [-0.05, 0) is 56.4 Å². The Morgan fingerprint density at radius 3 is 2.67 bits per heavy atom. The average Bonchev–Trinajstić information content (AvgIpc) is 2.73. The number of carbonyl (C=O) groups excluding carboxylic acids is 2. The molecule has 5 unspecified atom stereocenters. The van der Waals surface area contributed by atoms with E-state index < -0.39 is 10.6 Å². The fourth-order valence-corrected chi connectivity index (χ4v) is 5.81. The molecule has 2 amide bonds. The molecule has 4 rings (SSSR count). The van der Waals surface area contributed by atoms with Crippen molar-refractivity contribution < 1.29 is 14.2 Å². The Kier molecular flexibility index (Phi) is 6.02. The molecule has 0 radical (unpaired) electrons. The number of benzene rings is 1. The zero-order valence-electron chi connectivity index (χ0n) is 18.4. The molecule has 1 aliphatic carbocycles. The number of rotatable bonds is 3. The van der Waals surface area contributed by atoms with E-state index in [-0.39, 0.29) is 35.7 Å². The van der Waals surface area contributed by atoms with E-state index in [1.807, 2.05) is 25.1 Å². The molecule has 1 saturated carbocycles. The van der Waals surface area contributed by atoms with Crippen LogP contribution in [0.3, 0.4) is 0 Å². The van der Waals surface area contributed by atoms with Gasteiger partial charge in [0.05, 0.1) is 7.05 Å².